The van der Waals surface area contributed by atoms with Gasteiger partial charge in [-0.3, -0.25) is 4.79 Å². The Morgan fingerprint density at radius 1 is 1.44 bits per heavy atom. The molecule has 2 fully saturated rings. The summed E-state index contributed by atoms with van der Waals surface area (Å²) in [6.45, 7) is 4.16. The van der Waals surface area contributed by atoms with Crippen LogP contribution < -0.4 is 0 Å². The zero-order valence-corrected chi connectivity index (χ0v) is 10.4. The molecule has 1 saturated carbocycles. The number of aromatic amines is 1. The molecule has 3 heteroatoms. The minimum absolute atomic E-state index is 0.181. The number of para-hydroxylation sites is 1. The Morgan fingerprint density at radius 3 is 3.06 bits per heavy atom. The molecule has 1 aliphatic carbocycles. The molecule has 0 spiro atoms. The van der Waals surface area contributed by atoms with Gasteiger partial charge in [0.05, 0.1) is 5.56 Å². The van der Waals surface area contributed by atoms with E-state index in [1.54, 1.807) is 0 Å². The Hall–Kier alpha value is -1.77. The van der Waals surface area contributed by atoms with Gasteiger partial charge in [0.25, 0.3) is 5.91 Å². The van der Waals surface area contributed by atoms with Gasteiger partial charge in [0.2, 0.25) is 0 Å². The molecule has 2 atom stereocenters. The van der Waals surface area contributed by atoms with E-state index >= 15 is 0 Å². The van der Waals surface area contributed by atoms with Crippen molar-refractivity contribution in [3.63, 3.8) is 0 Å². The van der Waals surface area contributed by atoms with Gasteiger partial charge in [0.15, 0.2) is 0 Å². The number of hydrogen-bond acceptors (Lipinski definition) is 1. The van der Waals surface area contributed by atoms with E-state index in [1.807, 2.05) is 35.4 Å². The molecule has 1 N–H and O–H groups in total. The van der Waals surface area contributed by atoms with Crippen LogP contribution in [0.1, 0.15) is 23.7 Å². The lowest BCUT2D eigenvalue weighted by Gasteiger charge is -2.19. The summed E-state index contributed by atoms with van der Waals surface area (Å²) in [5.74, 6) is 0.924. The first-order chi connectivity index (χ1) is 8.67. The maximum Gasteiger partial charge on any atom is 0.256 e. The van der Waals surface area contributed by atoms with E-state index < -0.39 is 0 Å². The fourth-order valence-electron chi connectivity index (χ4n) is 3.32. The number of hydrogen-bond donors (Lipinski definition) is 1. The monoisotopic (exact) mass is 240 g/mol. The normalized spacial score (nSPS) is 29.6. The maximum absolute atomic E-state index is 12.5. The summed E-state index contributed by atoms with van der Waals surface area (Å²) in [5.41, 5.74) is 2.27. The molecule has 3 nitrogen and oxygen atoms in total. The predicted octanol–water partition coefficient (Wildman–Crippen LogP) is 2.65. The van der Waals surface area contributed by atoms with Crippen molar-refractivity contribution in [3.8, 4) is 0 Å². The van der Waals surface area contributed by atoms with E-state index in [9.17, 15) is 4.79 Å². The van der Waals surface area contributed by atoms with E-state index in [0.717, 1.165) is 35.5 Å². The Labute approximate surface area is 106 Å². The molecular formula is C15H16N2O. The van der Waals surface area contributed by atoms with Crippen molar-refractivity contribution in [2.45, 2.75) is 13.3 Å². The number of rotatable bonds is 1. The topological polar surface area (TPSA) is 36.1 Å². The molecule has 1 aromatic carbocycles. The average Bonchev–Trinajstić information content (AvgIpc) is 2.78. The van der Waals surface area contributed by atoms with E-state index in [-0.39, 0.29) is 5.91 Å². The molecule has 2 heterocycles. The Bertz CT molecular complexity index is 645. The van der Waals surface area contributed by atoms with Crippen LogP contribution in [0.15, 0.2) is 30.5 Å². The number of likely N-dealkylation sites (tertiary alicyclic amines) is 1. The highest BCUT2D eigenvalue weighted by atomic mass is 16.2. The number of fused-ring (bicyclic) bond motifs is 2. The second-order valence-electron chi connectivity index (χ2n) is 5.99. The lowest BCUT2D eigenvalue weighted by molar-refractivity contribution is 0.0768. The third-order valence-electron chi connectivity index (χ3n) is 4.64. The van der Waals surface area contributed by atoms with Gasteiger partial charge in [0, 0.05) is 30.2 Å². The summed E-state index contributed by atoms with van der Waals surface area (Å²) in [6, 6.07) is 7.99. The number of piperidine rings is 1. The van der Waals surface area contributed by atoms with Crippen LogP contribution in [0.3, 0.4) is 0 Å². The average molecular weight is 240 g/mol. The lowest BCUT2D eigenvalue weighted by Crippen LogP contribution is -2.31. The van der Waals surface area contributed by atoms with Crippen LogP contribution in [0.5, 0.6) is 0 Å². The van der Waals surface area contributed by atoms with Gasteiger partial charge >= 0.3 is 0 Å². The molecule has 92 valence electrons. The van der Waals surface area contributed by atoms with Gasteiger partial charge in [-0.1, -0.05) is 25.1 Å². The molecular weight excluding hydrogens is 224 g/mol. The van der Waals surface area contributed by atoms with Crippen molar-refractivity contribution < 1.29 is 4.79 Å². The van der Waals surface area contributed by atoms with Crippen LogP contribution >= 0.6 is 0 Å². The number of nitrogens with one attached hydrogen (secondary N) is 1. The van der Waals surface area contributed by atoms with Gasteiger partial charge in [-0.05, 0) is 23.8 Å². The minimum atomic E-state index is 0.181. The molecule has 1 aliphatic heterocycles. The van der Waals surface area contributed by atoms with Gasteiger partial charge in [0.1, 0.15) is 0 Å². The molecule has 0 bridgehead atoms. The molecule has 2 unspecified atom stereocenters. The van der Waals surface area contributed by atoms with Crippen LogP contribution in [0.25, 0.3) is 10.9 Å². The first kappa shape index (κ1) is 10.2. The van der Waals surface area contributed by atoms with Crippen LogP contribution in [0.4, 0.5) is 0 Å². The number of amides is 1. The largest absolute Gasteiger partial charge is 0.360 e. The Morgan fingerprint density at radius 2 is 2.28 bits per heavy atom. The standard InChI is InChI=1S/C15H16N2O/c1-15-6-10(15)8-17(9-15)14(18)12-7-16-13-5-3-2-4-11(12)13/h2-5,7,10,16H,6,8-9H2,1H3. The SMILES string of the molecule is CC12CC1CN(C(=O)c1c[nH]c3ccccc13)C2. The third kappa shape index (κ3) is 1.27. The molecule has 18 heavy (non-hydrogen) atoms. The first-order valence-electron chi connectivity index (χ1n) is 6.53. The Kier molecular flexibility index (Phi) is 1.79. The van der Waals surface area contributed by atoms with Crippen LogP contribution in [0, 0.1) is 11.3 Å². The van der Waals surface area contributed by atoms with Crippen molar-refractivity contribution in [3.05, 3.63) is 36.0 Å². The fraction of sp³-hybridized carbons (Fsp3) is 0.400. The zero-order chi connectivity index (χ0) is 12.3. The van der Waals surface area contributed by atoms with Crippen molar-refractivity contribution in [1.82, 2.24) is 9.88 Å². The molecule has 1 aromatic heterocycles. The third-order valence-corrected chi connectivity index (χ3v) is 4.64. The summed E-state index contributed by atoms with van der Waals surface area (Å²) in [7, 11) is 0. The minimum Gasteiger partial charge on any atom is -0.360 e. The van der Waals surface area contributed by atoms with Crippen molar-refractivity contribution >= 4 is 16.8 Å². The summed E-state index contributed by atoms with van der Waals surface area (Å²) < 4.78 is 0. The van der Waals surface area contributed by atoms with Crippen molar-refractivity contribution in [2.24, 2.45) is 11.3 Å². The van der Waals surface area contributed by atoms with E-state index in [2.05, 4.69) is 11.9 Å². The second-order valence-corrected chi connectivity index (χ2v) is 5.99. The second kappa shape index (κ2) is 3.16. The molecule has 1 saturated heterocycles. The van der Waals surface area contributed by atoms with E-state index in [4.69, 9.17) is 0 Å². The van der Waals surface area contributed by atoms with Crippen LogP contribution in [-0.4, -0.2) is 28.9 Å². The highest BCUT2D eigenvalue weighted by Crippen LogP contribution is 2.57. The van der Waals surface area contributed by atoms with E-state index in [1.165, 1.54) is 6.42 Å². The van der Waals surface area contributed by atoms with Gasteiger partial charge < -0.3 is 9.88 Å². The van der Waals surface area contributed by atoms with Crippen molar-refractivity contribution in [1.29, 1.82) is 0 Å². The summed E-state index contributed by atoms with van der Waals surface area (Å²) in [5, 5.41) is 1.04. The quantitative estimate of drug-likeness (QED) is 0.817. The van der Waals surface area contributed by atoms with Gasteiger partial charge in [-0.15, -0.1) is 0 Å². The fourth-order valence-corrected chi connectivity index (χ4v) is 3.32. The van der Waals surface area contributed by atoms with Gasteiger partial charge in [-0.25, -0.2) is 0 Å². The van der Waals surface area contributed by atoms with Gasteiger partial charge in [-0.2, -0.15) is 0 Å². The highest BCUT2D eigenvalue weighted by molar-refractivity contribution is 6.06. The number of benzene rings is 1. The number of carbonyl (C=O) groups excluding carboxylic acids is 1. The van der Waals surface area contributed by atoms with Crippen LogP contribution in [0.2, 0.25) is 0 Å². The number of carbonyl (C=O) groups is 1. The molecule has 2 aliphatic rings. The maximum atomic E-state index is 12.5. The lowest BCUT2D eigenvalue weighted by atomic mass is 10.1. The molecule has 4 rings (SSSR count). The zero-order valence-electron chi connectivity index (χ0n) is 10.4. The number of nitrogens with zero attached hydrogens (tertiary/aromatic N) is 1. The first-order valence-corrected chi connectivity index (χ1v) is 6.53. The summed E-state index contributed by atoms with van der Waals surface area (Å²) in [4.78, 5) is 17.7. The summed E-state index contributed by atoms with van der Waals surface area (Å²) in [6.07, 6.45) is 3.14. The molecule has 2 aromatic rings. The molecule has 0 radical (unpaired) electrons. The highest BCUT2D eigenvalue weighted by Gasteiger charge is 2.57. The van der Waals surface area contributed by atoms with E-state index in [0.29, 0.717) is 5.41 Å². The van der Waals surface area contributed by atoms with Crippen LogP contribution in [-0.2, 0) is 0 Å². The predicted molar refractivity (Wildman–Crippen MR) is 70.4 cm³/mol. The number of H-pyrrole nitrogens is 1. The molecule has 1 amide bonds. The number of aromatic nitrogens is 1. The summed E-state index contributed by atoms with van der Waals surface area (Å²) >= 11 is 0. The Balaban J connectivity index is 1.69. The smallest absolute Gasteiger partial charge is 0.256 e. The van der Waals surface area contributed by atoms with Crippen molar-refractivity contribution in [2.75, 3.05) is 13.1 Å².